The lowest BCUT2D eigenvalue weighted by molar-refractivity contribution is -0.118. The van der Waals surface area contributed by atoms with Gasteiger partial charge in [0.2, 0.25) is 5.91 Å². The molecule has 0 spiro atoms. The lowest BCUT2D eigenvalue weighted by Crippen LogP contribution is -2.43. The molecule has 1 saturated heterocycles. The summed E-state index contributed by atoms with van der Waals surface area (Å²) in [4.78, 5) is 11.9. The van der Waals surface area contributed by atoms with Crippen molar-refractivity contribution in [3.63, 3.8) is 0 Å². The number of benzene rings is 1. The van der Waals surface area contributed by atoms with Crippen molar-refractivity contribution in [1.82, 2.24) is 5.32 Å². The number of phenolic OH excluding ortho intramolecular Hbond substituents is 1. The predicted molar refractivity (Wildman–Crippen MR) is 70.1 cm³/mol. The van der Waals surface area contributed by atoms with E-state index in [-0.39, 0.29) is 17.7 Å². The smallest absolute Gasteiger partial charge is 0.241 e. The predicted octanol–water partition coefficient (Wildman–Crippen LogP) is 2.24. The second-order valence-corrected chi connectivity index (χ2v) is 4.98. The molecule has 0 aliphatic carbocycles. The van der Waals surface area contributed by atoms with Gasteiger partial charge in [-0.2, -0.15) is 0 Å². The lowest BCUT2D eigenvalue weighted by Gasteiger charge is -2.22. The number of para-hydroxylation sites is 1. The summed E-state index contributed by atoms with van der Waals surface area (Å²) in [6.07, 6.45) is 3.03. The topological polar surface area (TPSA) is 61.4 Å². The zero-order valence-electron chi connectivity index (χ0n) is 9.37. The van der Waals surface area contributed by atoms with Crippen molar-refractivity contribution >= 4 is 27.5 Å². The van der Waals surface area contributed by atoms with Crippen LogP contribution < -0.4 is 10.6 Å². The van der Waals surface area contributed by atoms with Crippen molar-refractivity contribution in [3.05, 3.63) is 22.7 Å². The number of phenols is 1. The number of rotatable bonds is 2. The van der Waals surface area contributed by atoms with E-state index in [1.807, 2.05) is 0 Å². The van der Waals surface area contributed by atoms with Crippen LogP contribution in [0.3, 0.4) is 0 Å². The number of anilines is 1. The first-order valence-corrected chi connectivity index (χ1v) is 6.49. The second-order valence-electron chi connectivity index (χ2n) is 4.13. The molecule has 0 radical (unpaired) electrons. The van der Waals surface area contributed by atoms with Crippen LogP contribution in [0.2, 0.25) is 0 Å². The summed E-state index contributed by atoms with van der Waals surface area (Å²) >= 11 is 3.22. The highest BCUT2D eigenvalue weighted by Gasteiger charge is 2.21. The SMILES string of the molecule is O=C(Nc1cccc(Br)c1O)[C@H]1CCCCN1. The molecule has 1 aromatic carbocycles. The summed E-state index contributed by atoms with van der Waals surface area (Å²) < 4.78 is 0.576. The third-order valence-electron chi connectivity index (χ3n) is 2.87. The van der Waals surface area contributed by atoms with Gasteiger partial charge in [0.15, 0.2) is 5.75 Å². The molecule has 1 aliphatic rings. The van der Waals surface area contributed by atoms with E-state index in [0.29, 0.717) is 10.2 Å². The van der Waals surface area contributed by atoms with Gasteiger partial charge in [0.05, 0.1) is 16.2 Å². The molecule has 1 fully saturated rings. The summed E-state index contributed by atoms with van der Waals surface area (Å²) in [6, 6.07) is 5.03. The van der Waals surface area contributed by atoms with E-state index in [4.69, 9.17) is 0 Å². The first-order chi connectivity index (χ1) is 8.18. The molecule has 0 saturated carbocycles. The number of carbonyl (C=O) groups excluding carboxylic acids is 1. The Morgan fingerprint density at radius 1 is 1.47 bits per heavy atom. The van der Waals surface area contributed by atoms with Crippen LogP contribution in [0.1, 0.15) is 19.3 Å². The molecule has 1 aliphatic heterocycles. The zero-order valence-corrected chi connectivity index (χ0v) is 11.0. The van der Waals surface area contributed by atoms with Crippen LogP contribution in [0.25, 0.3) is 0 Å². The maximum atomic E-state index is 11.9. The highest BCUT2D eigenvalue weighted by Crippen LogP contribution is 2.31. The van der Waals surface area contributed by atoms with Gasteiger partial charge in [-0.3, -0.25) is 4.79 Å². The first kappa shape index (κ1) is 12.4. The van der Waals surface area contributed by atoms with Crippen molar-refractivity contribution in [2.24, 2.45) is 0 Å². The Labute approximate surface area is 109 Å². The number of piperidine rings is 1. The van der Waals surface area contributed by atoms with Crippen molar-refractivity contribution in [2.45, 2.75) is 25.3 Å². The molecule has 0 bridgehead atoms. The molecule has 92 valence electrons. The number of amides is 1. The first-order valence-electron chi connectivity index (χ1n) is 5.70. The van der Waals surface area contributed by atoms with Crippen molar-refractivity contribution in [2.75, 3.05) is 11.9 Å². The van der Waals surface area contributed by atoms with Gasteiger partial charge in [0, 0.05) is 0 Å². The van der Waals surface area contributed by atoms with Crippen LogP contribution in [0.15, 0.2) is 22.7 Å². The number of aromatic hydroxyl groups is 1. The van der Waals surface area contributed by atoms with E-state index < -0.39 is 0 Å². The summed E-state index contributed by atoms with van der Waals surface area (Å²) in [5.41, 5.74) is 0.441. The number of nitrogens with one attached hydrogen (secondary N) is 2. The van der Waals surface area contributed by atoms with Gasteiger partial charge in [0.25, 0.3) is 0 Å². The minimum absolute atomic E-state index is 0.0664. The number of carbonyl (C=O) groups is 1. The van der Waals surface area contributed by atoms with Gasteiger partial charge >= 0.3 is 0 Å². The normalized spacial score (nSPS) is 19.9. The summed E-state index contributed by atoms with van der Waals surface area (Å²) in [6.45, 7) is 0.878. The van der Waals surface area contributed by atoms with E-state index in [0.717, 1.165) is 25.8 Å². The molecule has 4 nitrogen and oxygen atoms in total. The average molecular weight is 299 g/mol. The van der Waals surface area contributed by atoms with Crippen molar-refractivity contribution in [3.8, 4) is 5.75 Å². The van der Waals surface area contributed by atoms with Gasteiger partial charge in [-0.05, 0) is 47.4 Å². The molecule has 1 heterocycles. The Kier molecular flexibility index (Phi) is 4.02. The molecule has 0 aromatic heterocycles. The van der Waals surface area contributed by atoms with E-state index in [2.05, 4.69) is 26.6 Å². The molecule has 1 atom stereocenters. The van der Waals surface area contributed by atoms with Gasteiger partial charge in [-0.15, -0.1) is 0 Å². The highest BCUT2D eigenvalue weighted by molar-refractivity contribution is 9.10. The Hall–Kier alpha value is -1.07. The lowest BCUT2D eigenvalue weighted by atomic mass is 10.0. The molecule has 0 unspecified atom stereocenters. The number of hydrogen-bond acceptors (Lipinski definition) is 3. The molecular weight excluding hydrogens is 284 g/mol. The van der Waals surface area contributed by atoms with Crippen LogP contribution in [0.5, 0.6) is 5.75 Å². The zero-order chi connectivity index (χ0) is 12.3. The van der Waals surface area contributed by atoms with E-state index in [1.54, 1.807) is 18.2 Å². The van der Waals surface area contributed by atoms with Gasteiger partial charge in [-0.1, -0.05) is 12.5 Å². The quantitative estimate of drug-likeness (QED) is 0.734. The van der Waals surface area contributed by atoms with Crippen LogP contribution in [0.4, 0.5) is 5.69 Å². The minimum atomic E-state index is -0.151. The maximum Gasteiger partial charge on any atom is 0.241 e. The number of halogens is 1. The maximum absolute atomic E-state index is 11.9. The minimum Gasteiger partial charge on any atom is -0.505 e. The molecule has 3 N–H and O–H groups in total. The fourth-order valence-corrected chi connectivity index (χ4v) is 2.28. The molecule has 5 heteroatoms. The molecule has 1 amide bonds. The van der Waals surface area contributed by atoms with Crippen molar-refractivity contribution in [1.29, 1.82) is 0 Å². The van der Waals surface area contributed by atoms with Gasteiger partial charge < -0.3 is 15.7 Å². The van der Waals surface area contributed by atoms with Gasteiger partial charge in [-0.25, -0.2) is 0 Å². The Morgan fingerprint density at radius 3 is 3.00 bits per heavy atom. The molecule has 1 aromatic rings. The fraction of sp³-hybridized carbons (Fsp3) is 0.417. The standard InChI is InChI=1S/C12H15BrN2O2/c13-8-4-3-6-9(11(8)16)15-12(17)10-5-1-2-7-14-10/h3-4,6,10,14,16H,1-2,5,7H2,(H,15,17)/t10-/m1/s1. The molecule has 2 rings (SSSR count). The van der Waals surface area contributed by atoms with Crippen molar-refractivity contribution < 1.29 is 9.90 Å². The third-order valence-corrected chi connectivity index (χ3v) is 3.51. The monoisotopic (exact) mass is 298 g/mol. The summed E-state index contributed by atoms with van der Waals surface area (Å²) in [5, 5.41) is 15.7. The van der Waals surface area contributed by atoms with E-state index >= 15 is 0 Å². The van der Waals surface area contributed by atoms with Crippen LogP contribution in [-0.4, -0.2) is 23.6 Å². The van der Waals surface area contributed by atoms with Gasteiger partial charge in [0.1, 0.15) is 0 Å². The molecular formula is C12H15BrN2O2. The summed E-state index contributed by atoms with van der Waals surface area (Å²) in [7, 11) is 0. The second kappa shape index (κ2) is 5.51. The van der Waals surface area contributed by atoms with E-state index in [1.165, 1.54) is 0 Å². The fourth-order valence-electron chi connectivity index (χ4n) is 1.91. The number of hydrogen-bond donors (Lipinski definition) is 3. The van der Waals surface area contributed by atoms with Crippen LogP contribution >= 0.6 is 15.9 Å². The largest absolute Gasteiger partial charge is 0.505 e. The highest BCUT2D eigenvalue weighted by atomic mass is 79.9. The average Bonchev–Trinajstić information content (AvgIpc) is 2.36. The third kappa shape index (κ3) is 2.98. The summed E-state index contributed by atoms with van der Waals surface area (Å²) in [5.74, 6) is -0.0187. The van der Waals surface area contributed by atoms with E-state index in [9.17, 15) is 9.90 Å². The molecule has 17 heavy (non-hydrogen) atoms. The van der Waals surface area contributed by atoms with Crippen LogP contribution in [-0.2, 0) is 4.79 Å². The Morgan fingerprint density at radius 2 is 2.29 bits per heavy atom. The van der Waals surface area contributed by atoms with Crippen LogP contribution in [0, 0.1) is 0 Å². The Balaban J connectivity index is 2.04. The Bertz CT molecular complexity index is 417.